The van der Waals surface area contributed by atoms with Crippen molar-refractivity contribution in [1.82, 2.24) is 10.6 Å². The van der Waals surface area contributed by atoms with E-state index in [4.69, 9.17) is 4.74 Å². The second-order valence-corrected chi connectivity index (χ2v) is 10.6. The third-order valence-electron chi connectivity index (χ3n) is 7.61. The van der Waals surface area contributed by atoms with E-state index in [-0.39, 0.29) is 17.8 Å². The van der Waals surface area contributed by atoms with Crippen LogP contribution in [0, 0.1) is 0 Å². The predicted octanol–water partition coefficient (Wildman–Crippen LogP) is 5.27. The molecule has 0 bridgehead atoms. The highest BCUT2D eigenvalue weighted by Crippen LogP contribution is 2.36. The average molecular weight is 577 g/mol. The lowest BCUT2D eigenvalue weighted by molar-refractivity contribution is -0.117. The molecule has 0 fully saturated rings. The van der Waals surface area contributed by atoms with Crippen LogP contribution in [0.3, 0.4) is 0 Å². The molecule has 0 aliphatic carbocycles. The van der Waals surface area contributed by atoms with Crippen molar-refractivity contribution < 1.29 is 19.1 Å². The van der Waals surface area contributed by atoms with Crippen LogP contribution in [0.4, 0.5) is 11.4 Å². The van der Waals surface area contributed by atoms with Gasteiger partial charge < -0.3 is 26.0 Å². The summed E-state index contributed by atoms with van der Waals surface area (Å²) in [5.41, 5.74) is 6.78. The first-order valence-electron chi connectivity index (χ1n) is 14.4. The van der Waals surface area contributed by atoms with Gasteiger partial charge in [0.05, 0.1) is 12.7 Å². The molecule has 4 N–H and O–H groups in total. The van der Waals surface area contributed by atoms with Gasteiger partial charge in [0.1, 0.15) is 12.1 Å². The molecular weight excluding hydrogens is 540 g/mol. The van der Waals surface area contributed by atoms with E-state index in [0.717, 1.165) is 41.6 Å². The number of rotatable bonds is 11. The second kappa shape index (κ2) is 13.8. The van der Waals surface area contributed by atoms with Crippen LogP contribution in [0.5, 0.6) is 0 Å². The minimum atomic E-state index is -0.606. The molecule has 1 heterocycles. The molecule has 0 radical (unpaired) electrons. The van der Waals surface area contributed by atoms with Crippen molar-refractivity contribution in [3.8, 4) is 0 Å². The minimum absolute atomic E-state index is 0.199. The van der Waals surface area contributed by atoms with E-state index in [1.165, 1.54) is 12.7 Å². The molecule has 43 heavy (non-hydrogen) atoms. The van der Waals surface area contributed by atoms with Gasteiger partial charge in [-0.15, -0.1) is 0 Å². The highest BCUT2D eigenvalue weighted by Gasteiger charge is 2.38. The van der Waals surface area contributed by atoms with Crippen LogP contribution in [0.1, 0.15) is 55.3 Å². The molecular formula is C35H36N4O4. The van der Waals surface area contributed by atoms with Gasteiger partial charge in [0.15, 0.2) is 0 Å². The lowest BCUT2D eigenvalue weighted by atomic mass is 9.97. The number of carbonyl (C=O) groups is 3. The number of benzene rings is 4. The van der Waals surface area contributed by atoms with Crippen molar-refractivity contribution in [3.05, 3.63) is 130 Å². The van der Waals surface area contributed by atoms with Gasteiger partial charge in [-0.3, -0.25) is 9.59 Å². The zero-order valence-corrected chi connectivity index (χ0v) is 24.4. The number of methoxy groups -OCH3 is 1. The van der Waals surface area contributed by atoms with Crippen molar-refractivity contribution in [2.45, 2.75) is 37.9 Å². The first-order valence-corrected chi connectivity index (χ1v) is 14.4. The van der Waals surface area contributed by atoms with E-state index >= 15 is 0 Å². The van der Waals surface area contributed by atoms with E-state index in [1.54, 1.807) is 18.2 Å². The zero-order valence-electron chi connectivity index (χ0n) is 24.4. The van der Waals surface area contributed by atoms with Gasteiger partial charge in [0.2, 0.25) is 5.91 Å². The maximum absolute atomic E-state index is 13.6. The Balaban J connectivity index is 1.20. The van der Waals surface area contributed by atoms with Gasteiger partial charge in [0.25, 0.3) is 5.91 Å². The molecule has 0 spiro atoms. The zero-order chi connectivity index (χ0) is 30.2. The standard InChI is InChI=1S/C35H36N4O4/c1-36-22-25-9-6-10-27(21-25)33(40)39-32-31(29-11-3-4-12-30(29)38-32)34(41)37-28-19-15-24(16-20-28)8-5-7-23-13-17-26(18-14-23)35(42)43-2/h3-4,6,9-21,31-32,36,38H,5,7-8,22H2,1-2H3,(H,37,41)(H,39,40). The third-order valence-corrected chi connectivity index (χ3v) is 7.61. The fourth-order valence-corrected chi connectivity index (χ4v) is 5.39. The van der Waals surface area contributed by atoms with Crippen molar-refractivity contribution >= 4 is 29.2 Å². The summed E-state index contributed by atoms with van der Waals surface area (Å²) in [7, 11) is 3.24. The van der Waals surface area contributed by atoms with Crippen LogP contribution in [-0.2, 0) is 28.9 Å². The first kappa shape index (κ1) is 29.5. The van der Waals surface area contributed by atoms with Crippen LogP contribution in [0.2, 0.25) is 0 Å². The minimum Gasteiger partial charge on any atom is -0.465 e. The average Bonchev–Trinajstić information content (AvgIpc) is 3.40. The molecule has 2 unspecified atom stereocenters. The predicted molar refractivity (Wildman–Crippen MR) is 168 cm³/mol. The molecule has 220 valence electrons. The van der Waals surface area contributed by atoms with E-state index in [9.17, 15) is 14.4 Å². The molecule has 8 nitrogen and oxygen atoms in total. The summed E-state index contributed by atoms with van der Waals surface area (Å²) < 4.78 is 4.75. The Labute approximate surface area is 251 Å². The topological polar surface area (TPSA) is 109 Å². The number of hydrogen-bond donors (Lipinski definition) is 4. The number of nitrogens with one attached hydrogen (secondary N) is 4. The van der Waals surface area contributed by atoms with Crippen molar-refractivity contribution in [3.63, 3.8) is 0 Å². The summed E-state index contributed by atoms with van der Waals surface area (Å²) in [6.45, 7) is 0.657. The Hall–Kier alpha value is -4.95. The van der Waals surface area contributed by atoms with Gasteiger partial charge in [0, 0.05) is 23.5 Å². The first-order chi connectivity index (χ1) is 20.9. The Bertz CT molecular complexity index is 1580. The SMILES string of the molecule is CNCc1cccc(C(=O)NC2Nc3ccccc3C2C(=O)Nc2ccc(CCCc3ccc(C(=O)OC)cc3)cc2)c1. The highest BCUT2D eigenvalue weighted by atomic mass is 16.5. The lowest BCUT2D eigenvalue weighted by Crippen LogP contribution is -2.45. The maximum Gasteiger partial charge on any atom is 0.337 e. The molecule has 8 heteroatoms. The van der Waals surface area contributed by atoms with Gasteiger partial charge >= 0.3 is 5.97 Å². The Morgan fingerprint density at radius 2 is 1.49 bits per heavy atom. The van der Waals surface area contributed by atoms with Crippen LogP contribution < -0.4 is 21.3 Å². The fourth-order valence-electron chi connectivity index (χ4n) is 5.39. The number of anilines is 2. The summed E-state index contributed by atoms with van der Waals surface area (Å²) in [5, 5.41) is 12.5. The van der Waals surface area contributed by atoms with Crippen LogP contribution in [0.25, 0.3) is 0 Å². The molecule has 0 saturated heterocycles. The molecule has 2 amide bonds. The molecule has 0 saturated carbocycles. The van der Waals surface area contributed by atoms with Crippen LogP contribution in [-0.4, -0.2) is 38.1 Å². The number of esters is 1. The van der Waals surface area contributed by atoms with Gasteiger partial charge in [-0.25, -0.2) is 4.79 Å². The van der Waals surface area contributed by atoms with E-state index in [2.05, 4.69) is 21.3 Å². The smallest absolute Gasteiger partial charge is 0.337 e. The molecule has 0 aromatic heterocycles. The third kappa shape index (κ3) is 7.28. The molecule has 4 aromatic rings. The number of fused-ring (bicyclic) bond motifs is 1. The fraction of sp³-hybridized carbons (Fsp3) is 0.229. The number of para-hydroxylation sites is 1. The molecule has 1 aliphatic rings. The molecule has 1 aliphatic heterocycles. The Morgan fingerprint density at radius 3 is 2.19 bits per heavy atom. The normalized spacial score (nSPS) is 15.2. The summed E-state index contributed by atoms with van der Waals surface area (Å²) in [5.74, 6) is -1.39. The van der Waals surface area contributed by atoms with Crippen molar-refractivity contribution in [2.75, 3.05) is 24.8 Å². The number of carbonyl (C=O) groups excluding carboxylic acids is 3. The summed E-state index contributed by atoms with van der Waals surface area (Å²) in [6.07, 6.45) is 2.13. The Kier molecular flexibility index (Phi) is 9.49. The second-order valence-electron chi connectivity index (χ2n) is 10.6. The summed E-state index contributed by atoms with van der Waals surface area (Å²) in [6, 6.07) is 30.4. The maximum atomic E-state index is 13.6. The Morgan fingerprint density at radius 1 is 0.791 bits per heavy atom. The molecule has 2 atom stereocenters. The molecule has 4 aromatic carbocycles. The van der Waals surface area contributed by atoms with E-state index in [0.29, 0.717) is 23.4 Å². The monoisotopic (exact) mass is 576 g/mol. The number of aryl methyl sites for hydroxylation is 2. The highest BCUT2D eigenvalue weighted by molar-refractivity contribution is 6.01. The molecule has 5 rings (SSSR count). The number of ether oxygens (including phenoxy) is 1. The summed E-state index contributed by atoms with van der Waals surface area (Å²) >= 11 is 0. The quantitative estimate of drug-likeness (QED) is 0.181. The largest absolute Gasteiger partial charge is 0.465 e. The lowest BCUT2D eigenvalue weighted by Gasteiger charge is -2.21. The van der Waals surface area contributed by atoms with E-state index in [1.807, 2.05) is 85.9 Å². The van der Waals surface area contributed by atoms with Crippen molar-refractivity contribution in [1.29, 1.82) is 0 Å². The number of hydrogen-bond acceptors (Lipinski definition) is 6. The van der Waals surface area contributed by atoms with E-state index < -0.39 is 12.1 Å². The van der Waals surface area contributed by atoms with Gasteiger partial charge in [-0.2, -0.15) is 0 Å². The summed E-state index contributed by atoms with van der Waals surface area (Å²) in [4.78, 5) is 38.4. The van der Waals surface area contributed by atoms with Gasteiger partial charge in [-0.1, -0.05) is 54.6 Å². The van der Waals surface area contributed by atoms with Crippen LogP contribution in [0.15, 0.2) is 97.1 Å². The number of amides is 2. The van der Waals surface area contributed by atoms with Crippen LogP contribution >= 0.6 is 0 Å². The van der Waals surface area contributed by atoms with Gasteiger partial charge in [-0.05, 0) is 91.0 Å². The van der Waals surface area contributed by atoms with Crippen molar-refractivity contribution in [2.24, 2.45) is 0 Å².